The van der Waals surface area contributed by atoms with Gasteiger partial charge < -0.3 is 19.7 Å². The number of anilines is 2. The first-order valence-corrected chi connectivity index (χ1v) is 18.7. The Balaban J connectivity index is 1.18. The molecule has 1 aromatic carbocycles. The molecule has 0 radical (unpaired) electrons. The molecule has 1 unspecified atom stereocenters. The number of fused-ring (bicyclic) bond motifs is 2. The molecule has 0 spiro atoms. The number of hydrogen-bond donors (Lipinski definition) is 1. The summed E-state index contributed by atoms with van der Waals surface area (Å²) < 4.78 is 11.2. The number of carbonyl (C=O) groups excluding carboxylic acids is 2. The van der Waals surface area contributed by atoms with E-state index in [4.69, 9.17) is 14.5 Å². The van der Waals surface area contributed by atoms with Crippen LogP contribution in [0.4, 0.5) is 21.2 Å². The maximum Gasteiger partial charge on any atom is 0.422 e. The summed E-state index contributed by atoms with van der Waals surface area (Å²) in [6.45, 7) is 9.35. The zero-order valence-electron chi connectivity index (χ0n) is 28.5. The van der Waals surface area contributed by atoms with E-state index >= 15 is 0 Å². The van der Waals surface area contributed by atoms with E-state index < -0.39 is 12.4 Å². The minimum absolute atomic E-state index is 0.330. The van der Waals surface area contributed by atoms with Crippen molar-refractivity contribution in [1.29, 1.82) is 0 Å². The van der Waals surface area contributed by atoms with Gasteiger partial charge in [0.05, 0.1) is 16.9 Å². The second-order valence-electron chi connectivity index (χ2n) is 12.7. The van der Waals surface area contributed by atoms with Crippen LogP contribution in [0.2, 0.25) is 0 Å². The van der Waals surface area contributed by atoms with Crippen molar-refractivity contribution in [2.45, 2.75) is 130 Å². The Morgan fingerprint density at radius 1 is 0.870 bits per heavy atom. The van der Waals surface area contributed by atoms with E-state index in [1.54, 1.807) is 11.8 Å². The molecule has 9 heteroatoms. The second kappa shape index (κ2) is 19.7. The largest absolute Gasteiger partial charge is 0.425 e. The molecule has 3 heterocycles. The molecule has 0 saturated carbocycles. The van der Waals surface area contributed by atoms with Crippen LogP contribution in [0.5, 0.6) is 0 Å². The van der Waals surface area contributed by atoms with Gasteiger partial charge in [0.15, 0.2) is 0 Å². The zero-order valence-corrected chi connectivity index (χ0v) is 29.3. The molecule has 2 aromatic rings. The third-order valence-corrected chi connectivity index (χ3v) is 9.81. The first kappa shape index (κ1) is 35.9. The lowest BCUT2D eigenvalue weighted by atomic mass is 10.0. The van der Waals surface area contributed by atoms with Gasteiger partial charge in [0, 0.05) is 44.4 Å². The van der Waals surface area contributed by atoms with Gasteiger partial charge in [0.1, 0.15) is 10.8 Å². The van der Waals surface area contributed by atoms with Crippen molar-refractivity contribution < 1.29 is 19.1 Å². The summed E-state index contributed by atoms with van der Waals surface area (Å²) in [6.07, 6.45) is 17.9. The van der Waals surface area contributed by atoms with Crippen LogP contribution in [0.1, 0.15) is 127 Å². The van der Waals surface area contributed by atoms with Crippen molar-refractivity contribution in [3.8, 4) is 0 Å². The summed E-state index contributed by atoms with van der Waals surface area (Å²) in [7, 11) is 0. The van der Waals surface area contributed by atoms with E-state index in [1.807, 2.05) is 31.2 Å². The van der Waals surface area contributed by atoms with Crippen LogP contribution < -0.4 is 10.2 Å². The molecule has 8 nitrogen and oxygen atoms in total. The average molecular weight is 653 g/mol. The van der Waals surface area contributed by atoms with Crippen molar-refractivity contribution in [2.75, 3.05) is 31.1 Å². The summed E-state index contributed by atoms with van der Waals surface area (Å²) in [4.78, 5) is 36.3. The van der Waals surface area contributed by atoms with Gasteiger partial charge >= 0.3 is 12.1 Å². The number of para-hydroxylation sites is 2. The Hall–Kier alpha value is -2.91. The van der Waals surface area contributed by atoms with E-state index in [0.717, 1.165) is 66.7 Å². The van der Waals surface area contributed by atoms with Gasteiger partial charge in [-0.2, -0.15) is 0 Å². The van der Waals surface area contributed by atoms with Gasteiger partial charge in [0.2, 0.25) is 6.29 Å². The first-order chi connectivity index (χ1) is 22.5. The van der Waals surface area contributed by atoms with E-state index in [2.05, 4.69) is 23.2 Å². The monoisotopic (exact) mass is 652 g/mol. The Morgan fingerprint density at radius 2 is 1.46 bits per heavy atom. The number of aryl methyl sites for hydroxylation is 1. The molecule has 46 heavy (non-hydrogen) atoms. The van der Waals surface area contributed by atoms with Gasteiger partial charge in [-0.3, -0.25) is 4.79 Å². The van der Waals surface area contributed by atoms with Gasteiger partial charge in [-0.1, -0.05) is 109 Å². The van der Waals surface area contributed by atoms with Gasteiger partial charge in [-0.05, 0) is 31.5 Å². The number of nitrogens with one attached hydrogen (secondary N) is 1. The van der Waals surface area contributed by atoms with Crippen LogP contribution in [-0.4, -0.2) is 55.3 Å². The second-order valence-corrected chi connectivity index (χ2v) is 13.9. The Bertz CT molecular complexity index is 1260. The third kappa shape index (κ3) is 11.1. The van der Waals surface area contributed by atoms with Crippen molar-refractivity contribution in [3.05, 3.63) is 40.8 Å². The number of thiophene rings is 1. The third-order valence-electron chi connectivity index (χ3n) is 8.78. The first-order valence-electron chi connectivity index (χ1n) is 17.9. The fourth-order valence-electron chi connectivity index (χ4n) is 6.26. The normalized spacial score (nSPS) is 15.1. The van der Waals surface area contributed by atoms with Crippen molar-refractivity contribution in [2.24, 2.45) is 4.99 Å². The van der Waals surface area contributed by atoms with Crippen LogP contribution in [-0.2, 0) is 14.3 Å². The van der Waals surface area contributed by atoms with Crippen LogP contribution in [0.25, 0.3) is 0 Å². The van der Waals surface area contributed by atoms with E-state index in [-0.39, 0.29) is 5.97 Å². The van der Waals surface area contributed by atoms with E-state index in [9.17, 15) is 9.59 Å². The van der Waals surface area contributed by atoms with Gasteiger partial charge in [-0.25, -0.2) is 14.7 Å². The van der Waals surface area contributed by atoms with Crippen LogP contribution in [0.3, 0.4) is 0 Å². The molecule has 0 aliphatic carbocycles. The molecule has 1 saturated heterocycles. The molecular weight excluding hydrogens is 596 g/mol. The molecule has 254 valence electrons. The van der Waals surface area contributed by atoms with Gasteiger partial charge in [0.25, 0.3) is 0 Å². The van der Waals surface area contributed by atoms with Gasteiger partial charge in [-0.15, -0.1) is 11.3 Å². The number of amides is 1. The van der Waals surface area contributed by atoms with Crippen molar-refractivity contribution >= 4 is 45.6 Å². The lowest BCUT2D eigenvalue weighted by Crippen LogP contribution is -2.46. The highest BCUT2D eigenvalue weighted by atomic mass is 32.1. The van der Waals surface area contributed by atoms with E-state index in [0.29, 0.717) is 17.8 Å². The fourth-order valence-corrected chi connectivity index (χ4v) is 7.27. The fraction of sp³-hybridized carbons (Fsp3) is 0.649. The number of amidine groups is 1. The highest BCUT2D eigenvalue weighted by Crippen LogP contribution is 2.44. The molecule has 2 aliphatic heterocycles. The molecule has 0 bridgehead atoms. The smallest absolute Gasteiger partial charge is 0.422 e. The lowest BCUT2D eigenvalue weighted by molar-refractivity contribution is -0.164. The van der Waals surface area contributed by atoms with Crippen LogP contribution in [0.15, 0.2) is 35.3 Å². The summed E-state index contributed by atoms with van der Waals surface area (Å²) in [6, 6.07) is 9.71. The Labute approximate surface area is 280 Å². The standard InChI is InChI=1S/C37H56N4O4S/c1-4-5-6-7-8-9-10-11-12-13-14-15-16-17-18-23-34(42)44-30(3)45-37(43)41-33-22-20-19-21-32(33)39-35(40-26-24-38-25-27-40)31-28-29(2)46-36(31)41/h19-22,28,30,38H,4-18,23-27H2,1-3H3. The highest BCUT2D eigenvalue weighted by molar-refractivity contribution is 7.16. The number of esters is 1. The van der Waals surface area contributed by atoms with Crippen LogP contribution in [0, 0.1) is 6.92 Å². The topological polar surface area (TPSA) is 83.5 Å². The maximum absolute atomic E-state index is 13.7. The molecule has 1 amide bonds. The number of unbranched alkanes of at least 4 members (excludes halogenated alkanes) is 14. The van der Waals surface area contributed by atoms with Crippen molar-refractivity contribution in [1.82, 2.24) is 10.2 Å². The molecule has 1 N–H and O–H groups in total. The van der Waals surface area contributed by atoms with Crippen LogP contribution >= 0.6 is 11.3 Å². The maximum atomic E-state index is 13.7. The molecule has 1 fully saturated rings. The quantitative estimate of drug-likeness (QED) is 0.0981. The number of hydrogen-bond acceptors (Lipinski definition) is 8. The summed E-state index contributed by atoms with van der Waals surface area (Å²) in [5, 5.41) is 4.16. The molecule has 1 atom stereocenters. The number of ether oxygens (including phenoxy) is 2. The summed E-state index contributed by atoms with van der Waals surface area (Å²) in [5.41, 5.74) is 2.26. The number of rotatable bonds is 18. The highest BCUT2D eigenvalue weighted by Gasteiger charge is 2.34. The predicted molar refractivity (Wildman–Crippen MR) is 190 cm³/mol. The number of piperazine rings is 1. The Morgan fingerprint density at radius 3 is 2.09 bits per heavy atom. The zero-order chi connectivity index (χ0) is 32.6. The summed E-state index contributed by atoms with van der Waals surface area (Å²) >= 11 is 1.53. The SMILES string of the molecule is CCCCCCCCCCCCCCCCCC(=O)OC(C)OC(=O)N1c2ccccc2N=C(N2CCNCC2)c2cc(C)sc21. The summed E-state index contributed by atoms with van der Waals surface area (Å²) in [5.74, 6) is 0.537. The molecule has 4 rings (SSSR count). The number of nitrogens with zero attached hydrogens (tertiary/aromatic N) is 3. The van der Waals surface area contributed by atoms with Crippen molar-refractivity contribution in [3.63, 3.8) is 0 Å². The molecule has 2 aliphatic rings. The average Bonchev–Trinajstić information content (AvgIpc) is 3.36. The Kier molecular flexibility index (Phi) is 15.4. The lowest BCUT2D eigenvalue weighted by Gasteiger charge is -2.30. The predicted octanol–water partition coefficient (Wildman–Crippen LogP) is 9.78. The molecule has 1 aromatic heterocycles. The number of benzene rings is 1. The molecular formula is C37H56N4O4S. The van der Waals surface area contributed by atoms with E-state index in [1.165, 1.54) is 88.4 Å². The minimum atomic E-state index is -0.996. The number of carbonyl (C=O) groups is 2. The number of aliphatic imine (C=N–C) groups is 1. The minimum Gasteiger partial charge on any atom is -0.425 e.